The number of pyridine rings is 2. The fourth-order valence-electron chi connectivity index (χ4n) is 5.70. The Morgan fingerprint density at radius 3 is 2.02 bits per heavy atom. The molecule has 0 amide bonds. The van der Waals surface area contributed by atoms with Crippen LogP contribution in [0.2, 0.25) is 13.1 Å². The van der Waals surface area contributed by atoms with Crippen LogP contribution in [0.4, 0.5) is 0 Å². The molecule has 2 aromatic heterocycles. The number of hydrogen-bond acceptors (Lipinski definition) is 2. The zero-order valence-electron chi connectivity index (χ0n) is 23.4. The van der Waals surface area contributed by atoms with Gasteiger partial charge in [0.2, 0.25) is 0 Å². The zero-order chi connectivity index (χ0) is 27.5. The molecule has 6 aromatic rings. The topological polar surface area (TPSA) is 25.8 Å². The number of aromatic nitrogens is 2. The van der Waals surface area contributed by atoms with E-state index in [-0.39, 0.29) is 20.1 Å². The number of rotatable bonds is 3. The number of aryl methyl sites for hydroxylation is 1. The van der Waals surface area contributed by atoms with Crippen molar-refractivity contribution in [3.8, 4) is 44.8 Å². The summed E-state index contributed by atoms with van der Waals surface area (Å²) in [5, 5.41) is 3.09. The third-order valence-corrected chi connectivity index (χ3v) is 11.2. The summed E-state index contributed by atoms with van der Waals surface area (Å²) < 4.78 is 0. The zero-order valence-corrected chi connectivity index (χ0v) is 26.7. The predicted octanol–water partition coefficient (Wildman–Crippen LogP) is 7.87. The molecule has 0 fully saturated rings. The van der Waals surface area contributed by atoms with Crippen LogP contribution in [0, 0.1) is 19.1 Å². The van der Waals surface area contributed by atoms with Gasteiger partial charge in [-0.05, 0) is 50.6 Å². The monoisotopic (exact) mass is 723 g/mol. The van der Waals surface area contributed by atoms with Gasteiger partial charge in [0.1, 0.15) is 8.07 Å². The van der Waals surface area contributed by atoms with Gasteiger partial charge in [0.15, 0.2) is 0 Å². The van der Waals surface area contributed by atoms with Gasteiger partial charge in [0.25, 0.3) is 0 Å². The second-order valence-corrected chi connectivity index (χ2v) is 14.8. The average Bonchev–Trinajstić information content (AvgIpc) is 3.25. The van der Waals surface area contributed by atoms with Crippen LogP contribution >= 0.6 is 0 Å². The smallest absolute Gasteiger partial charge is 0.114 e. The van der Waals surface area contributed by atoms with Gasteiger partial charge in [-0.25, -0.2) is 0 Å². The number of fused-ring (bicyclic) bond motifs is 3. The minimum absolute atomic E-state index is 0. The Kier molecular flexibility index (Phi) is 8.56. The van der Waals surface area contributed by atoms with Crippen molar-refractivity contribution in [2.75, 3.05) is 0 Å². The van der Waals surface area contributed by atoms with Crippen molar-refractivity contribution in [3.05, 3.63) is 145 Å². The van der Waals surface area contributed by atoms with E-state index in [1.165, 1.54) is 27.8 Å². The molecule has 0 saturated carbocycles. The van der Waals surface area contributed by atoms with Gasteiger partial charge < -0.3 is 9.97 Å². The molecule has 1 aliphatic rings. The van der Waals surface area contributed by atoms with E-state index in [1.807, 2.05) is 60.8 Å². The van der Waals surface area contributed by atoms with E-state index >= 15 is 0 Å². The molecular formula is C37H30IrN2Si-2. The van der Waals surface area contributed by atoms with Crippen molar-refractivity contribution in [2.24, 2.45) is 0 Å². The summed E-state index contributed by atoms with van der Waals surface area (Å²) in [6.45, 7) is 7.01. The van der Waals surface area contributed by atoms with Crippen LogP contribution in [-0.4, -0.2) is 18.0 Å². The molecule has 203 valence electrons. The summed E-state index contributed by atoms with van der Waals surface area (Å²) in [5.41, 5.74) is 10.7. The normalized spacial score (nSPS) is 12.3. The summed E-state index contributed by atoms with van der Waals surface area (Å²) in [7, 11) is -1.73. The minimum Gasteiger partial charge on any atom is -0.305 e. The molecule has 3 heterocycles. The van der Waals surface area contributed by atoms with Crippen LogP contribution in [0.25, 0.3) is 44.8 Å². The molecule has 41 heavy (non-hydrogen) atoms. The van der Waals surface area contributed by atoms with E-state index in [2.05, 4.69) is 103 Å². The first-order chi connectivity index (χ1) is 19.5. The summed E-state index contributed by atoms with van der Waals surface area (Å²) in [4.78, 5) is 8.77. The van der Waals surface area contributed by atoms with Crippen LogP contribution in [0.5, 0.6) is 0 Å². The van der Waals surface area contributed by atoms with E-state index in [4.69, 9.17) is 0 Å². The van der Waals surface area contributed by atoms with Crippen LogP contribution in [-0.2, 0) is 20.1 Å². The molecule has 0 N–H and O–H groups in total. The van der Waals surface area contributed by atoms with Gasteiger partial charge in [0.05, 0.1) is 0 Å². The molecule has 7 rings (SSSR count). The van der Waals surface area contributed by atoms with Gasteiger partial charge in [-0.3, -0.25) is 0 Å². The molecule has 0 unspecified atom stereocenters. The van der Waals surface area contributed by atoms with E-state index in [0.29, 0.717) is 0 Å². The second kappa shape index (κ2) is 12.3. The Morgan fingerprint density at radius 2 is 1.29 bits per heavy atom. The number of benzene rings is 4. The quantitative estimate of drug-likeness (QED) is 0.137. The van der Waals surface area contributed by atoms with Gasteiger partial charge in [-0.15, -0.1) is 70.8 Å². The van der Waals surface area contributed by atoms with Crippen molar-refractivity contribution in [3.63, 3.8) is 0 Å². The maximum absolute atomic E-state index is 4.49. The summed E-state index contributed by atoms with van der Waals surface area (Å²) >= 11 is 0. The van der Waals surface area contributed by atoms with Gasteiger partial charge in [-0.2, -0.15) is 0 Å². The van der Waals surface area contributed by atoms with Gasteiger partial charge >= 0.3 is 0 Å². The van der Waals surface area contributed by atoms with Crippen LogP contribution < -0.4 is 10.4 Å². The van der Waals surface area contributed by atoms with Crippen molar-refractivity contribution in [1.29, 1.82) is 0 Å². The van der Waals surface area contributed by atoms with Crippen molar-refractivity contribution in [2.45, 2.75) is 20.0 Å². The van der Waals surface area contributed by atoms with Crippen molar-refractivity contribution < 1.29 is 20.1 Å². The van der Waals surface area contributed by atoms with Gasteiger partial charge in [0, 0.05) is 32.5 Å². The Bertz CT molecular complexity index is 1780. The first kappa shape index (κ1) is 28.6. The Balaban J connectivity index is 0.000000204. The van der Waals surface area contributed by atoms with Crippen molar-refractivity contribution >= 4 is 18.4 Å². The molecule has 2 nitrogen and oxygen atoms in total. The molecule has 1 radical (unpaired) electrons. The average molecular weight is 723 g/mol. The molecule has 0 aliphatic carbocycles. The van der Waals surface area contributed by atoms with E-state index in [0.717, 1.165) is 22.5 Å². The molecule has 0 atom stereocenters. The molecule has 0 spiro atoms. The number of hydrogen-bond donors (Lipinski definition) is 0. The predicted molar refractivity (Wildman–Crippen MR) is 169 cm³/mol. The SMILES string of the molecule is C[Si]1(C)c2ccccc2-c2cccc(-c3cc[c-]c(-c4ccccn4)c3)c21.Cc1ccc[c-]c1-c1ccccn1.[Ir]. The Morgan fingerprint density at radius 1 is 0.610 bits per heavy atom. The van der Waals surface area contributed by atoms with Crippen LogP contribution in [0.3, 0.4) is 0 Å². The van der Waals surface area contributed by atoms with Crippen LogP contribution in [0.1, 0.15) is 5.56 Å². The molecule has 4 heteroatoms. The Labute approximate surface area is 257 Å². The van der Waals surface area contributed by atoms with E-state index in [1.54, 1.807) is 16.6 Å². The number of nitrogens with zero attached hydrogens (tertiary/aromatic N) is 2. The third-order valence-electron chi connectivity index (χ3n) is 7.62. The minimum atomic E-state index is -1.73. The fraction of sp³-hybridized carbons (Fsp3) is 0.0811. The summed E-state index contributed by atoms with van der Waals surface area (Å²) in [6.07, 6.45) is 3.64. The fourth-order valence-corrected chi connectivity index (χ4v) is 9.17. The molecule has 4 aromatic carbocycles. The maximum atomic E-state index is 4.49. The van der Waals surface area contributed by atoms with Crippen LogP contribution in [0.15, 0.2) is 128 Å². The summed E-state index contributed by atoms with van der Waals surface area (Å²) in [6, 6.07) is 46.5. The van der Waals surface area contributed by atoms with Gasteiger partial charge in [-0.1, -0.05) is 86.7 Å². The molecular weight excluding hydrogens is 693 g/mol. The first-order valence-electron chi connectivity index (χ1n) is 13.6. The van der Waals surface area contributed by atoms with Crippen molar-refractivity contribution in [1.82, 2.24) is 9.97 Å². The Hall–Kier alpha value is -3.95. The summed E-state index contributed by atoms with van der Waals surface area (Å²) in [5.74, 6) is 0. The van der Waals surface area contributed by atoms with E-state index in [9.17, 15) is 0 Å². The largest absolute Gasteiger partial charge is 0.305 e. The standard InChI is InChI=1S/C25H20NSi.C12H10N.Ir/c1-27(2)24-15-4-3-11-21(24)22-13-8-12-20(25(22)27)18-9-7-10-19(17-18)23-14-5-6-16-26-23;1-10-6-2-3-7-11(10)12-8-4-5-9-13-12;/h3-9,11-17H,1-2H3;2-6,8-9H,1H3;/q2*-1;. The molecule has 0 saturated heterocycles. The molecule has 0 bridgehead atoms. The third kappa shape index (κ3) is 5.64. The first-order valence-corrected chi connectivity index (χ1v) is 16.6. The second-order valence-electron chi connectivity index (χ2n) is 10.5. The van der Waals surface area contributed by atoms with E-state index < -0.39 is 8.07 Å². The maximum Gasteiger partial charge on any atom is 0.114 e. The molecule has 1 aliphatic heterocycles.